The number of benzene rings is 2. The first-order valence-corrected chi connectivity index (χ1v) is 5.94. The lowest BCUT2D eigenvalue weighted by molar-refractivity contribution is 0.0978. The minimum Gasteiger partial charge on any atom is -0.298 e. The second-order valence-corrected chi connectivity index (χ2v) is 4.47. The van der Waals surface area contributed by atoms with E-state index in [1.54, 1.807) is 24.3 Å². The minimum atomic E-state index is -0.309. The van der Waals surface area contributed by atoms with E-state index in [0.717, 1.165) is 0 Å². The Morgan fingerprint density at radius 2 is 1.05 bits per heavy atom. The van der Waals surface area contributed by atoms with Gasteiger partial charge in [0, 0.05) is 33.4 Å². The van der Waals surface area contributed by atoms with E-state index in [1.807, 2.05) is 0 Å². The third kappa shape index (κ3) is 1.55. The highest BCUT2D eigenvalue weighted by molar-refractivity contribution is 6.29. The monoisotopic (exact) mass is 264 g/mol. The van der Waals surface area contributed by atoms with Crippen molar-refractivity contribution in [3.8, 4) is 0 Å². The maximum atomic E-state index is 12.4. The molecular weight excluding hydrogens is 256 g/mol. The predicted molar refractivity (Wildman–Crippen MR) is 70.5 cm³/mol. The van der Waals surface area contributed by atoms with Gasteiger partial charge in [-0.2, -0.15) is 0 Å². The van der Waals surface area contributed by atoms with Crippen molar-refractivity contribution in [2.45, 2.75) is 0 Å². The van der Waals surface area contributed by atoms with Crippen LogP contribution in [-0.2, 0) is 0 Å². The molecule has 0 heterocycles. The molecule has 0 saturated carbocycles. The van der Waals surface area contributed by atoms with E-state index < -0.39 is 0 Å². The summed E-state index contributed by atoms with van der Waals surface area (Å²) in [5, 5.41) is 0. The first-order chi connectivity index (χ1) is 9.67. The summed E-state index contributed by atoms with van der Waals surface area (Å²) in [4.78, 5) is 46.6. The Hall–Kier alpha value is -2.88. The fourth-order valence-electron chi connectivity index (χ4n) is 2.38. The molecule has 4 nitrogen and oxygen atoms in total. The smallest absolute Gasteiger partial charge is 0.194 e. The molecule has 1 aliphatic carbocycles. The van der Waals surface area contributed by atoms with Crippen molar-refractivity contribution < 1.29 is 19.2 Å². The van der Waals surface area contributed by atoms with Crippen LogP contribution in [0.3, 0.4) is 0 Å². The Morgan fingerprint density at radius 1 is 0.650 bits per heavy atom. The van der Waals surface area contributed by atoms with Crippen LogP contribution in [0.1, 0.15) is 52.6 Å². The van der Waals surface area contributed by atoms with Crippen molar-refractivity contribution in [1.82, 2.24) is 0 Å². The summed E-state index contributed by atoms with van der Waals surface area (Å²) in [5.41, 5.74) is 1.20. The van der Waals surface area contributed by atoms with Crippen molar-refractivity contribution in [3.05, 3.63) is 69.8 Å². The van der Waals surface area contributed by atoms with Gasteiger partial charge in [-0.15, -0.1) is 0 Å². The van der Waals surface area contributed by atoms with E-state index in [4.69, 9.17) is 0 Å². The number of aldehydes is 2. The van der Waals surface area contributed by atoms with Gasteiger partial charge in [0.2, 0.25) is 0 Å². The lowest BCUT2D eigenvalue weighted by Crippen LogP contribution is -2.21. The van der Waals surface area contributed by atoms with Gasteiger partial charge in [-0.1, -0.05) is 24.3 Å². The number of rotatable bonds is 2. The largest absolute Gasteiger partial charge is 0.298 e. The van der Waals surface area contributed by atoms with Gasteiger partial charge < -0.3 is 0 Å². The Bertz CT molecular complexity index is 721. The van der Waals surface area contributed by atoms with E-state index >= 15 is 0 Å². The molecule has 0 unspecified atom stereocenters. The molecule has 0 aliphatic heterocycles. The Kier molecular flexibility index (Phi) is 2.64. The van der Waals surface area contributed by atoms with Crippen LogP contribution < -0.4 is 0 Å². The molecule has 0 bridgehead atoms. The zero-order valence-electron chi connectivity index (χ0n) is 10.3. The van der Waals surface area contributed by atoms with Gasteiger partial charge in [0.05, 0.1) is 0 Å². The van der Waals surface area contributed by atoms with Crippen LogP contribution in [0.5, 0.6) is 0 Å². The highest BCUT2D eigenvalue weighted by atomic mass is 16.1. The van der Waals surface area contributed by atoms with Crippen LogP contribution in [0, 0.1) is 0 Å². The van der Waals surface area contributed by atoms with E-state index in [2.05, 4.69) is 0 Å². The van der Waals surface area contributed by atoms with Gasteiger partial charge in [-0.05, 0) is 12.1 Å². The zero-order chi connectivity index (χ0) is 14.3. The lowest BCUT2D eigenvalue weighted by atomic mass is 9.82. The molecule has 2 aromatic rings. The lowest BCUT2D eigenvalue weighted by Gasteiger charge is -2.18. The second-order valence-electron chi connectivity index (χ2n) is 4.47. The normalized spacial score (nSPS) is 12.6. The molecular formula is C16H8O4. The molecule has 0 fully saturated rings. The Morgan fingerprint density at radius 3 is 1.40 bits per heavy atom. The summed E-state index contributed by atoms with van der Waals surface area (Å²) in [6.45, 7) is 0. The summed E-state index contributed by atoms with van der Waals surface area (Å²) >= 11 is 0. The van der Waals surface area contributed by atoms with Crippen molar-refractivity contribution in [3.63, 3.8) is 0 Å². The number of carbonyl (C=O) groups is 4. The summed E-state index contributed by atoms with van der Waals surface area (Å²) in [6.07, 6.45) is 1.00. The molecule has 0 aromatic heterocycles. The number of hydrogen-bond donors (Lipinski definition) is 0. The van der Waals surface area contributed by atoms with Gasteiger partial charge in [0.25, 0.3) is 0 Å². The van der Waals surface area contributed by atoms with Crippen LogP contribution in [0.25, 0.3) is 0 Å². The molecule has 0 amide bonds. The molecule has 0 saturated heterocycles. The molecule has 2 aromatic carbocycles. The standard InChI is InChI=1S/C16H8O4/c17-7-9-5-13-14(6-10(9)8-18)16(20)12-4-2-1-3-11(12)15(13)19/h1-8H. The average molecular weight is 264 g/mol. The van der Waals surface area contributed by atoms with Crippen LogP contribution >= 0.6 is 0 Å². The first-order valence-electron chi connectivity index (χ1n) is 5.94. The zero-order valence-corrected chi connectivity index (χ0v) is 10.3. The van der Waals surface area contributed by atoms with E-state index in [9.17, 15) is 19.2 Å². The third-order valence-corrected chi connectivity index (χ3v) is 3.38. The van der Waals surface area contributed by atoms with E-state index in [0.29, 0.717) is 23.7 Å². The molecule has 0 spiro atoms. The number of carbonyl (C=O) groups excluding carboxylic acids is 4. The molecule has 0 atom stereocenters. The highest BCUT2D eigenvalue weighted by Gasteiger charge is 2.30. The molecule has 4 heteroatoms. The van der Waals surface area contributed by atoms with Gasteiger partial charge in [-0.3, -0.25) is 19.2 Å². The highest BCUT2D eigenvalue weighted by Crippen LogP contribution is 2.28. The van der Waals surface area contributed by atoms with Gasteiger partial charge in [-0.25, -0.2) is 0 Å². The minimum absolute atomic E-state index is 0.110. The summed E-state index contributed by atoms with van der Waals surface area (Å²) in [5.74, 6) is -0.619. The van der Waals surface area contributed by atoms with Crippen LogP contribution in [0.15, 0.2) is 36.4 Å². The summed E-state index contributed by atoms with van der Waals surface area (Å²) in [7, 11) is 0. The number of hydrogen-bond acceptors (Lipinski definition) is 4. The molecule has 96 valence electrons. The second kappa shape index (κ2) is 4.35. The fraction of sp³-hybridized carbons (Fsp3) is 0. The first kappa shape index (κ1) is 12.2. The van der Waals surface area contributed by atoms with Crippen molar-refractivity contribution in [2.24, 2.45) is 0 Å². The summed E-state index contributed by atoms with van der Waals surface area (Å²) < 4.78 is 0. The Balaban J connectivity index is 2.33. The van der Waals surface area contributed by atoms with Gasteiger partial charge in [0.15, 0.2) is 24.1 Å². The van der Waals surface area contributed by atoms with Crippen LogP contribution in [0.4, 0.5) is 0 Å². The average Bonchev–Trinajstić information content (AvgIpc) is 2.51. The third-order valence-electron chi connectivity index (χ3n) is 3.38. The molecule has 0 N–H and O–H groups in total. The van der Waals surface area contributed by atoms with Crippen molar-refractivity contribution in [2.75, 3.05) is 0 Å². The molecule has 20 heavy (non-hydrogen) atoms. The van der Waals surface area contributed by atoms with E-state index in [-0.39, 0.29) is 33.8 Å². The quantitative estimate of drug-likeness (QED) is 0.664. The van der Waals surface area contributed by atoms with E-state index in [1.165, 1.54) is 12.1 Å². The topological polar surface area (TPSA) is 68.3 Å². The fourth-order valence-corrected chi connectivity index (χ4v) is 2.38. The summed E-state index contributed by atoms with van der Waals surface area (Å²) in [6, 6.07) is 9.12. The molecule has 1 aliphatic rings. The van der Waals surface area contributed by atoms with Crippen LogP contribution in [0.2, 0.25) is 0 Å². The van der Waals surface area contributed by atoms with Gasteiger partial charge in [0.1, 0.15) is 0 Å². The number of ketones is 2. The molecule has 3 rings (SSSR count). The molecule has 0 radical (unpaired) electrons. The SMILES string of the molecule is O=Cc1cc2c(cc1C=O)C(=O)c1ccccc1C2=O. The maximum Gasteiger partial charge on any atom is 0.194 e. The van der Waals surface area contributed by atoms with Gasteiger partial charge >= 0.3 is 0 Å². The van der Waals surface area contributed by atoms with Crippen molar-refractivity contribution >= 4 is 24.1 Å². The predicted octanol–water partition coefficient (Wildman–Crippen LogP) is 2.09. The van der Waals surface area contributed by atoms with Crippen LogP contribution in [-0.4, -0.2) is 24.1 Å². The maximum absolute atomic E-state index is 12.4. The Labute approximate surface area is 114 Å². The number of fused-ring (bicyclic) bond motifs is 2. The van der Waals surface area contributed by atoms with Crippen molar-refractivity contribution in [1.29, 1.82) is 0 Å².